The van der Waals surface area contributed by atoms with E-state index in [0.29, 0.717) is 25.7 Å². The van der Waals surface area contributed by atoms with Gasteiger partial charge in [0.15, 0.2) is 0 Å². The number of ether oxygens (including phenoxy) is 3. The van der Waals surface area contributed by atoms with Crippen molar-refractivity contribution in [2.45, 2.75) is 25.8 Å². The Morgan fingerprint density at radius 3 is 2.76 bits per heavy atom. The molecule has 17 heavy (non-hydrogen) atoms. The van der Waals surface area contributed by atoms with Crippen LogP contribution in [0, 0.1) is 5.92 Å². The van der Waals surface area contributed by atoms with Gasteiger partial charge in [0.2, 0.25) is 0 Å². The Balaban J connectivity index is 2.47. The third-order valence-electron chi connectivity index (χ3n) is 2.95. The molecule has 1 heterocycles. The van der Waals surface area contributed by atoms with E-state index in [1.807, 2.05) is 6.92 Å². The maximum atomic E-state index is 11.9. The molecule has 0 aromatic rings. The van der Waals surface area contributed by atoms with E-state index in [-0.39, 0.29) is 12.0 Å². The van der Waals surface area contributed by atoms with Gasteiger partial charge >= 0.3 is 5.97 Å². The van der Waals surface area contributed by atoms with E-state index in [2.05, 4.69) is 5.32 Å². The van der Waals surface area contributed by atoms with Crippen LogP contribution in [0.1, 0.15) is 19.8 Å². The Morgan fingerprint density at radius 1 is 1.47 bits per heavy atom. The lowest BCUT2D eigenvalue weighted by molar-refractivity contribution is -0.148. The van der Waals surface area contributed by atoms with Crippen molar-refractivity contribution in [1.82, 2.24) is 5.32 Å². The van der Waals surface area contributed by atoms with Crippen molar-refractivity contribution in [1.29, 1.82) is 0 Å². The summed E-state index contributed by atoms with van der Waals surface area (Å²) in [5.74, 6) is 0.148. The quantitative estimate of drug-likeness (QED) is 0.525. The Hall–Kier alpha value is -0.650. The van der Waals surface area contributed by atoms with Crippen molar-refractivity contribution in [3.63, 3.8) is 0 Å². The van der Waals surface area contributed by atoms with E-state index in [4.69, 9.17) is 14.2 Å². The van der Waals surface area contributed by atoms with Gasteiger partial charge in [-0.1, -0.05) is 0 Å². The second kappa shape index (κ2) is 8.44. The van der Waals surface area contributed by atoms with Crippen molar-refractivity contribution in [3.05, 3.63) is 0 Å². The monoisotopic (exact) mass is 245 g/mol. The average molecular weight is 245 g/mol. The minimum atomic E-state index is -0.228. The summed E-state index contributed by atoms with van der Waals surface area (Å²) in [6.45, 7) is 4.97. The minimum Gasteiger partial charge on any atom is -0.465 e. The van der Waals surface area contributed by atoms with Crippen LogP contribution in [-0.2, 0) is 19.0 Å². The molecule has 0 aromatic heterocycles. The van der Waals surface area contributed by atoms with Crippen molar-refractivity contribution < 1.29 is 19.0 Å². The molecule has 0 aromatic carbocycles. The number of rotatable bonds is 7. The third-order valence-corrected chi connectivity index (χ3v) is 2.95. The molecule has 0 bridgehead atoms. The van der Waals surface area contributed by atoms with E-state index >= 15 is 0 Å². The summed E-state index contributed by atoms with van der Waals surface area (Å²) in [5.41, 5.74) is 0. The number of hydrogen-bond donors (Lipinski definition) is 1. The van der Waals surface area contributed by atoms with Gasteiger partial charge in [-0.25, -0.2) is 0 Å². The smallest absolute Gasteiger partial charge is 0.323 e. The zero-order valence-corrected chi connectivity index (χ0v) is 10.7. The van der Waals surface area contributed by atoms with Gasteiger partial charge in [0.1, 0.15) is 6.04 Å². The van der Waals surface area contributed by atoms with Gasteiger partial charge in [0.05, 0.1) is 13.2 Å². The van der Waals surface area contributed by atoms with Crippen LogP contribution in [0.25, 0.3) is 0 Å². The van der Waals surface area contributed by atoms with E-state index < -0.39 is 0 Å². The highest BCUT2D eigenvalue weighted by atomic mass is 16.5. The highest BCUT2D eigenvalue weighted by Crippen LogP contribution is 2.19. The first-order valence-corrected chi connectivity index (χ1v) is 6.26. The predicted molar refractivity (Wildman–Crippen MR) is 63.8 cm³/mol. The molecule has 1 saturated heterocycles. The molecule has 100 valence electrons. The van der Waals surface area contributed by atoms with E-state index in [1.54, 1.807) is 7.11 Å². The normalized spacial score (nSPS) is 18.9. The number of methoxy groups -OCH3 is 1. The molecule has 1 N–H and O–H groups in total. The maximum Gasteiger partial charge on any atom is 0.323 e. The Morgan fingerprint density at radius 2 is 2.18 bits per heavy atom. The zero-order chi connectivity index (χ0) is 12.5. The van der Waals surface area contributed by atoms with Crippen molar-refractivity contribution in [3.8, 4) is 0 Å². The second-order valence-electron chi connectivity index (χ2n) is 4.13. The molecule has 5 heteroatoms. The number of carbonyl (C=O) groups is 1. The molecule has 0 radical (unpaired) electrons. The van der Waals surface area contributed by atoms with Crippen LogP contribution in [0.4, 0.5) is 0 Å². The van der Waals surface area contributed by atoms with Crippen LogP contribution in [0.5, 0.6) is 0 Å². The van der Waals surface area contributed by atoms with Crippen LogP contribution in [0.15, 0.2) is 0 Å². The fourth-order valence-electron chi connectivity index (χ4n) is 2.04. The Kier molecular flexibility index (Phi) is 7.16. The van der Waals surface area contributed by atoms with Crippen molar-refractivity contribution in [2.75, 3.05) is 40.1 Å². The van der Waals surface area contributed by atoms with Crippen LogP contribution >= 0.6 is 0 Å². The first kappa shape index (κ1) is 14.4. The lowest BCUT2D eigenvalue weighted by atomic mass is 9.91. The van der Waals surface area contributed by atoms with Gasteiger partial charge < -0.3 is 19.5 Å². The number of esters is 1. The molecule has 0 aliphatic carbocycles. The van der Waals surface area contributed by atoms with Crippen LogP contribution < -0.4 is 5.32 Å². The number of nitrogens with one attached hydrogen (secondary N) is 1. The first-order chi connectivity index (χ1) is 8.29. The second-order valence-corrected chi connectivity index (χ2v) is 4.13. The molecule has 1 atom stereocenters. The predicted octanol–water partition coefficient (Wildman–Crippen LogP) is 0.581. The number of carbonyl (C=O) groups excluding carboxylic acids is 1. The summed E-state index contributed by atoms with van der Waals surface area (Å²) in [5, 5.41) is 3.22. The van der Waals surface area contributed by atoms with Gasteiger partial charge in [0, 0.05) is 26.9 Å². The Bertz CT molecular complexity index is 217. The average Bonchev–Trinajstić information content (AvgIpc) is 2.36. The molecule has 1 fully saturated rings. The van der Waals surface area contributed by atoms with E-state index in [9.17, 15) is 4.79 Å². The molecule has 1 rings (SSSR count). The van der Waals surface area contributed by atoms with Gasteiger partial charge in [-0.05, 0) is 25.7 Å². The summed E-state index contributed by atoms with van der Waals surface area (Å²) in [6.07, 6.45) is 1.81. The summed E-state index contributed by atoms with van der Waals surface area (Å²) in [6, 6.07) is -0.228. The molecule has 1 aliphatic heterocycles. The lowest BCUT2D eigenvalue weighted by Crippen LogP contribution is -2.46. The van der Waals surface area contributed by atoms with E-state index in [1.165, 1.54) is 0 Å². The maximum absolute atomic E-state index is 11.9. The minimum absolute atomic E-state index is 0.157. The first-order valence-electron chi connectivity index (χ1n) is 6.26. The van der Waals surface area contributed by atoms with Gasteiger partial charge in [0.25, 0.3) is 0 Å². The number of hydrogen-bond acceptors (Lipinski definition) is 5. The topological polar surface area (TPSA) is 56.8 Å². The van der Waals surface area contributed by atoms with Crippen LogP contribution in [0.3, 0.4) is 0 Å². The van der Waals surface area contributed by atoms with Gasteiger partial charge in [-0.2, -0.15) is 0 Å². The fourth-order valence-corrected chi connectivity index (χ4v) is 2.04. The SMILES string of the molecule is CCOC(=O)C(NCCOC)C1CCOCC1. The lowest BCUT2D eigenvalue weighted by Gasteiger charge is -2.29. The summed E-state index contributed by atoms with van der Waals surface area (Å²) < 4.78 is 15.4. The summed E-state index contributed by atoms with van der Waals surface area (Å²) in [4.78, 5) is 11.9. The molecule has 1 unspecified atom stereocenters. The highest BCUT2D eigenvalue weighted by Gasteiger charge is 2.30. The molecule has 5 nitrogen and oxygen atoms in total. The zero-order valence-electron chi connectivity index (χ0n) is 10.7. The van der Waals surface area contributed by atoms with Crippen LogP contribution in [0.2, 0.25) is 0 Å². The largest absolute Gasteiger partial charge is 0.465 e. The molecule has 0 spiro atoms. The standard InChI is InChI=1S/C12H23NO4/c1-3-17-12(14)11(13-6-9-15-2)10-4-7-16-8-5-10/h10-11,13H,3-9H2,1-2H3. The molecule has 0 saturated carbocycles. The summed E-state index contributed by atoms with van der Waals surface area (Å²) in [7, 11) is 1.65. The summed E-state index contributed by atoms with van der Waals surface area (Å²) >= 11 is 0. The van der Waals surface area contributed by atoms with Crippen molar-refractivity contribution in [2.24, 2.45) is 5.92 Å². The third kappa shape index (κ3) is 5.02. The molecular weight excluding hydrogens is 222 g/mol. The molecule has 0 amide bonds. The molecule has 1 aliphatic rings. The molecular formula is C12H23NO4. The van der Waals surface area contributed by atoms with Crippen LogP contribution in [-0.4, -0.2) is 52.1 Å². The van der Waals surface area contributed by atoms with E-state index in [0.717, 1.165) is 26.1 Å². The van der Waals surface area contributed by atoms with Gasteiger partial charge in [-0.3, -0.25) is 4.79 Å². The van der Waals surface area contributed by atoms with Crippen molar-refractivity contribution >= 4 is 5.97 Å². The highest BCUT2D eigenvalue weighted by molar-refractivity contribution is 5.76. The Labute approximate surface area is 103 Å². The van der Waals surface area contributed by atoms with Gasteiger partial charge in [-0.15, -0.1) is 0 Å². The fraction of sp³-hybridized carbons (Fsp3) is 0.917.